The minimum Gasteiger partial charge on any atom is -0.507 e. The van der Waals surface area contributed by atoms with Crippen LogP contribution in [-0.2, 0) is 0 Å². The van der Waals surface area contributed by atoms with Crippen molar-refractivity contribution in [1.82, 2.24) is 10.2 Å². The maximum atomic E-state index is 13.0. The quantitative estimate of drug-likeness (QED) is 0.841. The van der Waals surface area contributed by atoms with Crippen molar-refractivity contribution in [3.05, 3.63) is 17.7 Å². The number of nitrogens with zero attached hydrogens (tertiary/aromatic N) is 1. The van der Waals surface area contributed by atoms with Crippen LogP contribution < -0.4 is 14.8 Å². The van der Waals surface area contributed by atoms with Gasteiger partial charge in [-0.2, -0.15) is 0 Å². The van der Waals surface area contributed by atoms with Gasteiger partial charge in [-0.25, -0.2) is 8.78 Å². The van der Waals surface area contributed by atoms with Crippen LogP contribution in [0.2, 0.25) is 0 Å². The molecule has 7 heteroatoms. The number of piperazine rings is 1. The number of nitrogens with one attached hydrogen (secondary N) is 1. The van der Waals surface area contributed by atoms with Gasteiger partial charge in [0, 0.05) is 50.8 Å². The zero-order valence-corrected chi connectivity index (χ0v) is 12.8. The molecule has 2 rings (SSSR count). The lowest BCUT2D eigenvalue weighted by Crippen LogP contribution is -2.45. The Morgan fingerprint density at radius 2 is 1.91 bits per heavy atom. The topological polar surface area (TPSA) is 54.0 Å². The first kappa shape index (κ1) is 16.8. The van der Waals surface area contributed by atoms with Crippen LogP contribution in [0.25, 0.3) is 0 Å². The zero-order chi connectivity index (χ0) is 16.1. The molecule has 1 aromatic carbocycles. The van der Waals surface area contributed by atoms with Crippen molar-refractivity contribution in [3.63, 3.8) is 0 Å². The van der Waals surface area contributed by atoms with Gasteiger partial charge in [0.15, 0.2) is 0 Å². The third-order valence-electron chi connectivity index (χ3n) is 3.88. The van der Waals surface area contributed by atoms with E-state index in [0.29, 0.717) is 30.2 Å². The average Bonchev–Trinajstić information content (AvgIpc) is 2.52. The molecule has 1 aliphatic heterocycles. The first-order valence-corrected chi connectivity index (χ1v) is 7.24. The highest BCUT2D eigenvalue weighted by atomic mass is 19.3. The molecule has 1 heterocycles. The summed E-state index contributed by atoms with van der Waals surface area (Å²) in [5.74, 6) is 0.704. The van der Waals surface area contributed by atoms with Gasteiger partial charge < -0.3 is 19.9 Å². The molecular formula is C15H22F2N2O3. The van der Waals surface area contributed by atoms with Crippen molar-refractivity contribution < 1.29 is 23.4 Å². The first-order valence-electron chi connectivity index (χ1n) is 7.24. The van der Waals surface area contributed by atoms with Crippen LogP contribution in [0, 0.1) is 0 Å². The van der Waals surface area contributed by atoms with Gasteiger partial charge in [0.05, 0.1) is 19.8 Å². The monoisotopic (exact) mass is 316 g/mol. The molecule has 0 aliphatic carbocycles. The molecule has 22 heavy (non-hydrogen) atoms. The molecule has 0 amide bonds. The number of phenolic OH excluding ortho intramolecular Hbond substituents is 1. The number of benzene rings is 1. The minimum atomic E-state index is -2.47. The highest BCUT2D eigenvalue weighted by molar-refractivity contribution is 5.51. The standard InChI is InChI=1S/C15H22F2N2O3/c1-21-10-7-12(20)15(13(8-10)22-2)11(9-14(16)17)19-5-3-18-4-6-19/h7-8,11,14,18,20H,3-6,9H2,1-2H3/t11-/m1/s1. The van der Waals surface area contributed by atoms with Crippen molar-refractivity contribution in [2.24, 2.45) is 0 Å². The second-order valence-corrected chi connectivity index (χ2v) is 5.19. The van der Waals surface area contributed by atoms with Crippen molar-refractivity contribution in [1.29, 1.82) is 0 Å². The molecular weight excluding hydrogens is 294 g/mol. The summed E-state index contributed by atoms with van der Waals surface area (Å²) >= 11 is 0. The van der Waals surface area contributed by atoms with E-state index in [1.807, 2.05) is 4.90 Å². The predicted octanol–water partition coefficient (Wildman–Crippen LogP) is 2.01. The van der Waals surface area contributed by atoms with E-state index in [1.165, 1.54) is 20.3 Å². The van der Waals surface area contributed by atoms with E-state index in [4.69, 9.17) is 9.47 Å². The molecule has 0 radical (unpaired) electrons. The number of halogens is 2. The number of hydrogen-bond donors (Lipinski definition) is 2. The van der Waals surface area contributed by atoms with Crippen molar-refractivity contribution >= 4 is 0 Å². The van der Waals surface area contributed by atoms with E-state index in [0.717, 1.165) is 13.1 Å². The van der Waals surface area contributed by atoms with Gasteiger partial charge in [-0.05, 0) is 0 Å². The second-order valence-electron chi connectivity index (χ2n) is 5.19. The summed E-state index contributed by atoms with van der Waals surface area (Å²) in [6.45, 7) is 2.76. The molecule has 5 nitrogen and oxygen atoms in total. The van der Waals surface area contributed by atoms with Crippen LogP contribution in [-0.4, -0.2) is 56.8 Å². The molecule has 1 aromatic rings. The van der Waals surface area contributed by atoms with E-state index in [-0.39, 0.29) is 12.2 Å². The molecule has 1 aliphatic rings. The molecule has 0 spiro atoms. The largest absolute Gasteiger partial charge is 0.507 e. The number of rotatable bonds is 6. The lowest BCUT2D eigenvalue weighted by molar-refractivity contribution is 0.0719. The summed E-state index contributed by atoms with van der Waals surface area (Å²) in [5.41, 5.74) is 0.394. The van der Waals surface area contributed by atoms with Crippen molar-refractivity contribution in [2.45, 2.75) is 18.9 Å². The van der Waals surface area contributed by atoms with Gasteiger partial charge in [0.1, 0.15) is 17.2 Å². The van der Waals surface area contributed by atoms with E-state index in [1.54, 1.807) is 6.07 Å². The Bertz CT molecular complexity index is 494. The van der Waals surface area contributed by atoms with E-state index >= 15 is 0 Å². The number of alkyl halides is 2. The van der Waals surface area contributed by atoms with Crippen molar-refractivity contribution in [2.75, 3.05) is 40.4 Å². The highest BCUT2D eigenvalue weighted by Crippen LogP contribution is 2.42. The summed E-state index contributed by atoms with van der Waals surface area (Å²) in [5, 5.41) is 13.5. The molecule has 0 bridgehead atoms. The number of ether oxygens (including phenoxy) is 2. The Kier molecular flexibility index (Phi) is 5.79. The molecule has 0 saturated carbocycles. The molecule has 1 atom stereocenters. The Labute approximate surface area is 128 Å². The molecule has 0 aromatic heterocycles. The molecule has 124 valence electrons. The fourth-order valence-electron chi connectivity index (χ4n) is 2.82. The maximum Gasteiger partial charge on any atom is 0.240 e. The van der Waals surface area contributed by atoms with Gasteiger partial charge in [0.25, 0.3) is 0 Å². The first-order chi connectivity index (χ1) is 10.6. The Balaban J connectivity index is 2.41. The van der Waals surface area contributed by atoms with Gasteiger partial charge >= 0.3 is 0 Å². The van der Waals surface area contributed by atoms with Crippen LogP contribution >= 0.6 is 0 Å². The van der Waals surface area contributed by atoms with Crippen LogP contribution in [0.5, 0.6) is 17.2 Å². The van der Waals surface area contributed by atoms with Gasteiger partial charge in [-0.15, -0.1) is 0 Å². The van der Waals surface area contributed by atoms with E-state index in [2.05, 4.69) is 5.32 Å². The van der Waals surface area contributed by atoms with Crippen LogP contribution in [0.3, 0.4) is 0 Å². The summed E-state index contributed by atoms with van der Waals surface area (Å²) in [4.78, 5) is 1.95. The van der Waals surface area contributed by atoms with E-state index < -0.39 is 12.5 Å². The Morgan fingerprint density at radius 1 is 1.23 bits per heavy atom. The van der Waals surface area contributed by atoms with Crippen molar-refractivity contribution in [3.8, 4) is 17.2 Å². The molecule has 1 saturated heterocycles. The van der Waals surface area contributed by atoms with Gasteiger partial charge in [-0.3, -0.25) is 4.90 Å². The summed E-state index contributed by atoms with van der Waals surface area (Å²) in [7, 11) is 2.93. The normalized spacial score (nSPS) is 17.5. The number of aromatic hydroxyl groups is 1. The summed E-state index contributed by atoms with van der Waals surface area (Å²) in [6, 6.07) is 2.44. The smallest absolute Gasteiger partial charge is 0.240 e. The maximum absolute atomic E-state index is 13.0. The summed E-state index contributed by atoms with van der Waals surface area (Å²) < 4.78 is 36.5. The Hall–Kier alpha value is -1.60. The third-order valence-corrected chi connectivity index (χ3v) is 3.88. The zero-order valence-electron chi connectivity index (χ0n) is 12.8. The third kappa shape index (κ3) is 3.78. The predicted molar refractivity (Wildman–Crippen MR) is 79.0 cm³/mol. The van der Waals surface area contributed by atoms with Gasteiger partial charge in [-0.1, -0.05) is 0 Å². The highest BCUT2D eigenvalue weighted by Gasteiger charge is 2.30. The Morgan fingerprint density at radius 3 is 2.45 bits per heavy atom. The lowest BCUT2D eigenvalue weighted by Gasteiger charge is -2.36. The number of methoxy groups -OCH3 is 2. The summed E-state index contributed by atoms with van der Waals surface area (Å²) in [6.07, 6.45) is -2.82. The molecule has 2 N–H and O–H groups in total. The lowest BCUT2D eigenvalue weighted by atomic mass is 9.98. The minimum absolute atomic E-state index is 0.0830. The van der Waals surface area contributed by atoms with Crippen LogP contribution in [0.1, 0.15) is 18.0 Å². The van der Waals surface area contributed by atoms with Crippen LogP contribution in [0.15, 0.2) is 12.1 Å². The number of phenols is 1. The average molecular weight is 316 g/mol. The van der Waals surface area contributed by atoms with E-state index in [9.17, 15) is 13.9 Å². The fourth-order valence-corrected chi connectivity index (χ4v) is 2.82. The molecule has 0 unspecified atom stereocenters. The van der Waals surface area contributed by atoms with Gasteiger partial charge in [0.2, 0.25) is 6.43 Å². The molecule has 1 fully saturated rings. The second kappa shape index (κ2) is 7.60. The SMILES string of the molecule is COc1cc(O)c([C@@H](CC(F)F)N2CCNCC2)c(OC)c1. The fraction of sp³-hybridized carbons (Fsp3) is 0.600. The number of hydrogen-bond acceptors (Lipinski definition) is 5. The van der Waals surface area contributed by atoms with Crippen LogP contribution in [0.4, 0.5) is 8.78 Å².